The third-order valence-corrected chi connectivity index (χ3v) is 4.31. The molecule has 0 spiro atoms. The van der Waals surface area contributed by atoms with E-state index in [9.17, 15) is 4.79 Å². The molecule has 0 fully saturated rings. The van der Waals surface area contributed by atoms with Crippen LogP contribution in [-0.2, 0) is 11.2 Å². The van der Waals surface area contributed by atoms with Crippen molar-refractivity contribution in [2.24, 2.45) is 5.92 Å². The zero-order chi connectivity index (χ0) is 14.3. The van der Waals surface area contributed by atoms with E-state index >= 15 is 0 Å². The highest BCUT2D eigenvalue weighted by Crippen LogP contribution is 2.17. The first-order valence-corrected chi connectivity index (χ1v) is 7.95. The number of carbonyl (C=O) groups excluding carboxylic acids is 1. The van der Waals surface area contributed by atoms with Gasteiger partial charge in [0.1, 0.15) is 0 Å². The van der Waals surface area contributed by atoms with Gasteiger partial charge in [0.05, 0.1) is 11.8 Å². The summed E-state index contributed by atoms with van der Waals surface area (Å²) >= 11 is 9.70. The Kier molecular flexibility index (Phi) is 7.47. The molecule has 0 heterocycles. The first-order valence-electron chi connectivity index (χ1n) is 6.72. The molecule has 1 aromatic rings. The monoisotopic (exact) mass is 345 g/mol. The normalized spacial score (nSPS) is 12.5. The first-order chi connectivity index (χ1) is 9.06. The number of rotatable bonds is 7. The van der Waals surface area contributed by atoms with Crippen LogP contribution in [0.4, 0.5) is 0 Å². The van der Waals surface area contributed by atoms with Crippen molar-refractivity contribution in [1.29, 1.82) is 0 Å². The largest absolute Gasteiger partial charge is 0.354 e. The van der Waals surface area contributed by atoms with Gasteiger partial charge in [0.25, 0.3) is 0 Å². The van der Waals surface area contributed by atoms with Crippen LogP contribution in [0.5, 0.6) is 0 Å². The number of benzene rings is 1. The molecule has 4 heteroatoms. The molecule has 0 saturated heterocycles. The molecule has 0 saturated carbocycles. The van der Waals surface area contributed by atoms with Gasteiger partial charge in [0.15, 0.2) is 0 Å². The summed E-state index contributed by atoms with van der Waals surface area (Å²) in [5.41, 5.74) is 1.00. The zero-order valence-corrected chi connectivity index (χ0v) is 13.8. The average Bonchev–Trinajstić information content (AvgIpc) is 2.38. The highest BCUT2D eigenvalue weighted by atomic mass is 79.9. The number of carbonyl (C=O) groups is 1. The van der Waals surface area contributed by atoms with Crippen LogP contribution in [0, 0.1) is 5.92 Å². The summed E-state index contributed by atoms with van der Waals surface area (Å²) in [6.07, 6.45) is 2.49. The van der Waals surface area contributed by atoms with Gasteiger partial charge in [-0.3, -0.25) is 4.79 Å². The summed E-state index contributed by atoms with van der Waals surface area (Å²) < 4.78 is 0.991. The lowest BCUT2D eigenvalue weighted by Crippen LogP contribution is -2.34. The van der Waals surface area contributed by atoms with Crippen molar-refractivity contribution in [3.8, 4) is 0 Å². The molecule has 0 bridgehead atoms. The Hall–Kier alpha value is -0.540. The molecule has 0 aliphatic rings. The highest BCUT2D eigenvalue weighted by molar-refractivity contribution is 9.10. The summed E-state index contributed by atoms with van der Waals surface area (Å²) in [5, 5.41) is 2.93. The number of hydrogen-bond acceptors (Lipinski definition) is 1. The quantitative estimate of drug-likeness (QED) is 0.738. The Bertz CT molecular complexity index is 407. The molecule has 0 radical (unpaired) electrons. The van der Waals surface area contributed by atoms with Crippen molar-refractivity contribution in [3.05, 3.63) is 34.3 Å². The second kappa shape index (κ2) is 8.60. The second-order valence-corrected chi connectivity index (χ2v) is 6.18. The van der Waals surface area contributed by atoms with Gasteiger partial charge in [-0.05, 0) is 23.6 Å². The fraction of sp³-hybridized carbons (Fsp3) is 0.533. The predicted octanol–water partition coefficient (Wildman–Crippen LogP) is 4.15. The Morgan fingerprint density at radius 2 is 2.05 bits per heavy atom. The molecule has 1 atom stereocenters. The molecule has 1 aromatic carbocycles. The van der Waals surface area contributed by atoms with Crippen LogP contribution >= 0.6 is 27.5 Å². The molecule has 1 unspecified atom stereocenters. The average molecular weight is 347 g/mol. The topological polar surface area (TPSA) is 29.1 Å². The van der Waals surface area contributed by atoms with Crippen LogP contribution in [0.2, 0.25) is 0 Å². The third-order valence-electron chi connectivity index (χ3n) is 3.31. The maximum atomic E-state index is 11.8. The maximum Gasteiger partial charge on any atom is 0.224 e. The Labute approximate surface area is 129 Å². The van der Waals surface area contributed by atoms with Crippen molar-refractivity contribution in [1.82, 2.24) is 5.32 Å². The van der Waals surface area contributed by atoms with Crippen molar-refractivity contribution < 1.29 is 4.79 Å². The smallest absolute Gasteiger partial charge is 0.224 e. The SMILES string of the molecule is CCC(CC)C(Cl)CNC(=O)Cc1cccc(Br)c1. The van der Waals surface area contributed by atoms with E-state index < -0.39 is 0 Å². The van der Waals surface area contributed by atoms with Crippen LogP contribution < -0.4 is 5.32 Å². The van der Waals surface area contributed by atoms with Crippen LogP contribution in [0.15, 0.2) is 28.7 Å². The summed E-state index contributed by atoms with van der Waals surface area (Å²) in [6.45, 7) is 4.81. The molecule has 106 valence electrons. The lowest BCUT2D eigenvalue weighted by Gasteiger charge is -2.19. The Morgan fingerprint density at radius 1 is 1.37 bits per heavy atom. The Balaban J connectivity index is 2.39. The molecule has 1 rings (SSSR count). The van der Waals surface area contributed by atoms with Gasteiger partial charge in [0.2, 0.25) is 5.91 Å². The van der Waals surface area contributed by atoms with Gasteiger partial charge >= 0.3 is 0 Å². The molecular formula is C15H21BrClNO. The standard InChI is InChI=1S/C15H21BrClNO/c1-3-12(4-2)14(17)10-18-15(19)9-11-6-5-7-13(16)8-11/h5-8,12,14H,3-4,9-10H2,1-2H3,(H,18,19). The van der Waals surface area contributed by atoms with Gasteiger partial charge in [0, 0.05) is 11.0 Å². The van der Waals surface area contributed by atoms with E-state index in [0.717, 1.165) is 22.9 Å². The number of nitrogens with one attached hydrogen (secondary N) is 1. The van der Waals surface area contributed by atoms with Crippen molar-refractivity contribution >= 4 is 33.4 Å². The minimum Gasteiger partial charge on any atom is -0.354 e. The van der Waals surface area contributed by atoms with Crippen LogP contribution in [-0.4, -0.2) is 17.8 Å². The molecular weight excluding hydrogens is 326 g/mol. The van der Waals surface area contributed by atoms with E-state index in [2.05, 4.69) is 35.1 Å². The maximum absolute atomic E-state index is 11.8. The van der Waals surface area contributed by atoms with Gasteiger partial charge in [-0.2, -0.15) is 0 Å². The van der Waals surface area contributed by atoms with E-state index in [1.807, 2.05) is 24.3 Å². The fourth-order valence-corrected chi connectivity index (χ4v) is 2.95. The molecule has 0 aliphatic heterocycles. The summed E-state index contributed by atoms with van der Waals surface area (Å²) in [6, 6.07) is 7.78. The summed E-state index contributed by atoms with van der Waals surface area (Å²) in [7, 11) is 0. The number of alkyl halides is 1. The molecule has 0 aliphatic carbocycles. The van der Waals surface area contributed by atoms with Gasteiger partial charge in [-0.15, -0.1) is 11.6 Å². The van der Waals surface area contributed by atoms with E-state index in [4.69, 9.17) is 11.6 Å². The lowest BCUT2D eigenvalue weighted by molar-refractivity contribution is -0.120. The van der Waals surface area contributed by atoms with E-state index in [-0.39, 0.29) is 11.3 Å². The lowest BCUT2D eigenvalue weighted by atomic mass is 9.99. The fourth-order valence-electron chi connectivity index (χ4n) is 2.07. The molecule has 2 nitrogen and oxygen atoms in total. The first kappa shape index (κ1) is 16.5. The van der Waals surface area contributed by atoms with Gasteiger partial charge < -0.3 is 5.32 Å². The minimum absolute atomic E-state index is 0.0152. The van der Waals surface area contributed by atoms with Crippen LogP contribution in [0.3, 0.4) is 0 Å². The second-order valence-electron chi connectivity index (χ2n) is 4.70. The van der Waals surface area contributed by atoms with Crippen LogP contribution in [0.25, 0.3) is 0 Å². The Morgan fingerprint density at radius 3 is 2.63 bits per heavy atom. The van der Waals surface area contributed by atoms with E-state index in [1.165, 1.54) is 0 Å². The van der Waals surface area contributed by atoms with E-state index in [1.54, 1.807) is 0 Å². The molecule has 1 amide bonds. The summed E-state index contributed by atoms with van der Waals surface area (Å²) in [4.78, 5) is 11.8. The van der Waals surface area contributed by atoms with Crippen molar-refractivity contribution in [3.63, 3.8) is 0 Å². The predicted molar refractivity (Wildman–Crippen MR) is 84.6 cm³/mol. The van der Waals surface area contributed by atoms with Crippen LogP contribution in [0.1, 0.15) is 32.3 Å². The number of halogens is 2. The molecule has 19 heavy (non-hydrogen) atoms. The highest BCUT2D eigenvalue weighted by Gasteiger charge is 2.16. The minimum atomic E-state index is 0.0152. The van der Waals surface area contributed by atoms with Gasteiger partial charge in [-0.1, -0.05) is 54.8 Å². The number of hydrogen-bond donors (Lipinski definition) is 1. The van der Waals surface area contributed by atoms with E-state index in [0.29, 0.717) is 18.9 Å². The number of amides is 1. The van der Waals surface area contributed by atoms with Gasteiger partial charge in [-0.25, -0.2) is 0 Å². The van der Waals surface area contributed by atoms with Crippen molar-refractivity contribution in [2.75, 3.05) is 6.54 Å². The molecule has 0 aromatic heterocycles. The molecule has 1 N–H and O–H groups in total. The third kappa shape index (κ3) is 5.96. The van der Waals surface area contributed by atoms with Crippen molar-refractivity contribution in [2.45, 2.75) is 38.5 Å². The summed E-state index contributed by atoms with van der Waals surface area (Å²) in [5.74, 6) is 0.488. The zero-order valence-electron chi connectivity index (χ0n) is 11.5.